The number of aromatic nitrogens is 2. The quantitative estimate of drug-likeness (QED) is 0.370. The lowest BCUT2D eigenvalue weighted by atomic mass is 10.1. The molecule has 0 fully saturated rings. The number of thiocarbonyl (C=S) groups is 1. The summed E-state index contributed by atoms with van der Waals surface area (Å²) in [4.78, 5) is 10.1. The van der Waals surface area contributed by atoms with E-state index in [0.29, 0.717) is 23.6 Å². The number of rotatable bonds is 6. The number of anilines is 1. The van der Waals surface area contributed by atoms with E-state index in [4.69, 9.17) is 17.2 Å². The second-order valence-corrected chi connectivity index (χ2v) is 7.64. The summed E-state index contributed by atoms with van der Waals surface area (Å²) in [5, 5.41) is 22.3. The zero-order chi connectivity index (χ0) is 21.6. The van der Waals surface area contributed by atoms with Crippen molar-refractivity contribution < 1.29 is 10.2 Å². The van der Waals surface area contributed by atoms with E-state index in [1.165, 1.54) is 0 Å². The van der Waals surface area contributed by atoms with Gasteiger partial charge in [0.1, 0.15) is 11.5 Å². The lowest BCUT2D eigenvalue weighted by Crippen LogP contribution is -2.16. The van der Waals surface area contributed by atoms with E-state index < -0.39 is 0 Å². The summed E-state index contributed by atoms with van der Waals surface area (Å²) in [7, 11) is 0. The lowest BCUT2D eigenvalue weighted by Gasteiger charge is -2.13. The van der Waals surface area contributed by atoms with Crippen LogP contribution in [0.1, 0.15) is 16.8 Å². The molecule has 3 aromatic carbocycles. The van der Waals surface area contributed by atoms with Crippen molar-refractivity contribution in [2.45, 2.75) is 12.8 Å². The molecule has 31 heavy (non-hydrogen) atoms. The van der Waals surface area contributed by atoms with Gasteiger partial charge in [-0.15, -0.1) is 0 Å². The number of phenolic OH excluding ortho intramolecular Hbond substituents is 2. The molecule has 0 aliphatic rings. The van der Waals surface area contributed by atoms with Gasteiger partial charge in [-0.05, 0) is 47.5 Å². The second kappa shape index (κ2) is 9.36. The van der Waals surface area contributed by atoms with Gasteiger partial charge in [0.25, 0.3) is 0 Å². The Morgan fingerprint density at radius 3 is 2.13 bits per heavy atom. The van der Waals surface area contributed by atoms with Crippen molar-refractivity contribution in [1.29, 1.82) is 0 Å². The van der Waals surface area contributed by atoms with Crippen LogP contribution in [-0.4, -0.2) is 25.2 Å². The van der Waals surface area contributed by atoms with Gasteiger partial charge in [-0.2, -0.15) is 0 Å². The highest BCUT2D eigenvalue weighted by Gasteiger charge is 2.12. The largest absolute Gasteiger partial charge is 0.508 e. The maximum atomic E-state index is 9.56. The highest BCUT2D eigenvalue weighted by atomic mass is 32.1. The highest BCUT2D eigenvalue weighted by molar-refractivity contribution is 7.80. The van der Waals surface area contributed by atoms with Gasteiger partial charge in [0.05, 0.1) is 22.6 Å². The van der Waals surface area contributed by atoms with Crippen LogP contribution in [-0.2, 0) is 12.8 Å². The number of nitrogens with zero attached hydrogens (tertiary/aromatic N) is 2. The number of phenols is 2. The van der Waals surface area contributed by atoms with E-state index in [-0.39, 0.29) is 11.5 Å². The van der Waals surface area contributed by atoms with E-state index in [9.17, 15) is 10.2 Å². The van der Waals surface area contributed by atoms with Crippen molar-refractivity contribution in [3.8, 4) is 22.8 Å². The summed E-state index contributed by atoms with van der Waals surface area (Å²) < 4.78 is 0. The van der Waals surface area contributed by atoms with Crippen LogP contribution < -0.4 is 5.32 Å². The molecule has 0 amide bonds. The van der Waals surface area contributed by atoms with E-state index >= 15 is 0 Å². The monoisotopic (exact) mass is 427 g/mol. The van der Waals surface area contributed by atoms with Crippen molar-refractivity contribution in [1.82, 2.24) is 9.97 Å². The minimum absolute atomic E-state index is 0.207. The summed E-state index contributed by atoms with van der Waals surface area (Å²) in [5.74, 6) is 1.05. The van der Waals surface area contributed by atoms with Crippen molar-refractivity contribution >= 4 is 23.0 Å². The lowest BCUT2D eigenvalue weighted by molar-refractivity contribution is 0.474. The predicted octanol–water partition coefficient (Wildman–Crippen LogP) is 5.13. The van der Waals surface area contributed by atoms with Gasteiger partial charge in [-0.25, -0.2) is 9.97 Å². The number of nitrogens with one attached hydrogen (secondary N) is 1. The third-order valence-electron chi connectivity index (χ3n) is 4.78. The minimum atomic E-state index is 0.207. The van der Waals surface area contributed by atoms with Crippen LogP contribution in [0.25, 0.3) is 11.3 Å². The first kappa shape index (κ1) is 20.5. The molecule has 0 unspecified atom stereocenters. The van der Waals surface area contributed by atoms with Crippen molar-refractivity contribution in [3.05, 3.63) is 102 Å². The van der Waals surface area contributed by atoms with E-state index in [1.54, 1.807) is 30.5 Å². The molecule has 1 aromatic heterocycles. The van der Waals surface area contributed by atoms with Gasteiger partial charge in [0.15, 0.2) is 5.82 Å². The Bertz CT molecular complexity index is 1180. The fourth-order valence-electron chi connectivity index (χ4n) is 3.19. The van der Waals surface area contributed by atoms with E-state index in [1.807, 2.05) is 54.6 Å². The third-order valence-corrected chi connectivity index (χ3v) is 5.03. The molecule has 0 aliphatic carbocycles. The molecule has 0 aliphatic heterocycles. The van der Waals surface area contributed by atoms with Crippen LogP contribution in [0.15, 0.2) is 85.1 Å². The minimum Gasteiger partial charge on any atom is -0.508 e. The average molecular weight is 428 g/mol. The molecule has 4 aromatic rings. The molecule has 3 N–H and O–H groups in total. The van der Waals surface area contributed by atoms with Crippen molar-refractivity contribution in [3.63, 3.8) is 0 Å². The van der Waals surface area contributed by atoms with Gasteiger partial charge >= 0.3 is 0 Å². The summed E-state index contributed by atoms with van der Waals surface area (Å²) in [6, 6.07) is 23.9. The molecule has 0 atom stereocenters. The Morgan fingerprint density at radius 2 is 1.45 bits per heavy atom. The Kier molecular flexibility index (Phi) is 6.19. The molecule has 0 saturated carbocycles. The predicted molar refractivity (Wildman–Crippen MR) is 126 cm³/mol. The van der Waals surface area contributed by atoms with Crippen LogP contribution >= 0.6 is 12.2 Å². The normalized spacial score (nSPS) is 10.6. The Hall–Kier alpha value is -3.77. The molecular formula is C25H21N3O2S. The van der Waals surface area contributed by atoms with Crippen molar-refractivity contribution in [2.75, 3.05) is 5.32 Å². The topological polar surface area (TPSA) is 78.3 Å². The molecule has 154 valence electrons. The molecular weight excluding hydrogens is 406 g/mol. The van der Waals surface area contributed by atoms with Gasteiger partial charge in [0.2, 0.25) is 0 Å². The van der Waals surface area contributed by atoms with E-state index in [0.717, 1.165) is 28.1 Å². The molecule has 1 heterocycles. The highest BCUT2D eigenvalue weighted by Crippen LogP contribution is 2.24. The van der Waals surface area contributed by atoms with Crippen LogP contribution in [0, 0.1) is 0 Å². The second-order valence-electron chi connectivity index (χ2n) is 7.15. The summed E-state index contributed by atoms with van der Waals surface area (Å²) >= 11 is 5.55. The first-order chi connectivity index (χ1) is 15.1. The maximum absolute atomic E-state index is 9.56. The molecule has 0 spiro atoms. The summed E-state index contributed by atoms with van der Waals surface area (Å²) in [6.07, 6.45) is 2.83. The molecule has 4 rings (SSSR count). The van der Waals surface area contributed by atoms with Crippen LogP contribution in [0.4, 0.5) is 5.82 Å². The fourth-order valence-corrected chi connectivity index (χ4v) is 3.45. The van der Waals surface area contributed by atoms with Gasteiger partial charge in [0, 0.05) is 18.4 Å². The van der Waals surface area contributed by atoms with E-state index in [2.05, 4.69) is 10.3 Å². The number of hydrogen-bond donors (Lipinski definition) is 3. The van der Waals surface area contributed by atoms with Crippen LogP contribution in [0.2, 0.25) is 0 Å². The summed E-state index contributed by atoms with van der Waals surface area (Å²) in [5.41, 5.74) is 4.49. The number of hydrogen-bond acceptors (Lipinski definition) is 5. The molecule has 0 radical (unpaired) electrons. The molecule has 6 heteroatoms. The SMILES string of the molecule is Oc1ccc(CC(=S)Nc2ncc(-c3ccc(O)cc3)nc2Cc2ccccc2)cc1. The van der Waals surface area contributed by atoms with Gasteiger partial charge in [-0.3, -0.25) is 0 Å². The Labute approximate surface area is 186 Å². The van der Waals surface area contributed by atoms with Crippen LogP contribution in [0.3, 0.4) is 0 Å². The Balaban J connectivity index is 1.61. The average Bonchev–Trinajstić information content (AvgIpc) is 2.78. The third kappa shape index (κ3) is 5.43. The smallest absolute Gasteiger partial charge is 0.152 e. The van der Waals surface area contributed by atoms with Gasteiger partial charge < -0.3 is 15.5 Å². The molecule has 0 bridgehead atoms. The number of benzene rings is 3. The first-order valence-corrected chi connectivity index (χ1v) is 10.2. The zero-order valence-corrected chi connectivity index (χ0v) is 17.5. The standard InChI is InChI=1S/C25H21N3O2S/c29-20-10-6-18(7-11-20)15-24(31)28-25-22(14-17-4-2-1-3-5-17)27-23(16-26-25)19-8-12-21(30)13-9-19/h1-13,16,29-30H,14-15H2,(H,26,28,31). The fraction of sp³-hybridized carbons (Fsp3) is 0.0800. The first-order valence-electron chi connectivity index (χ1n) is 9.84. The Morgan fingerprint density at radius 1 is 0.806 bits per heavy atom. The van der Waals surface area contributed by atoms with Gasteiger partial charge in [-0.1, -0.05) is 54.7 Å². The molecule has 0 saturated heterocycles. The van der Waals surface area contributed by atoms with Crippen LogP contribution in [0.5, 0.6) is 11.5 Å². The zero-order valence-electron chi connectivity index (χ0n) is 16.7. The summed E-state index contributed by atoms with van der Waals surface area (Å²) in [6.45, 7) is 0. The number of aromatic hydroxyl groups is 2. The van der Waals surface area contributed by atoms with Crippen molar-refractivity contribution in [2.24, 2.45) is 0 Å². The molecule has 5 nitrogen and oxygen atoms in total. The maximum Gasteiger partial charge on any atom is 0.152 e.